The predicted molar refractivity (Wildman–Crippen MR) is 130 cm³/mol. The first-order valence-corrected chi connectivity index (χ1v) is 11.9. The number of hydrogen-bond acceptors (Lipinski definition) is 5. The average molecular weight is 477 g/mol. The van der Waals surface area contributed by atoms with E-state index < -0.39 is 6.09 Å². The summed E-state index contributed by atoms with van der Waals surface area (Å²) < 4.78 is 0. The van der Waals surface area contributed by atoms with Crippen molar-refractivity contribution in [2.45, 2.75) is 13.1 Å². The Labute approximate surface area is 200 Å². The molecule has 8 nitrogen and oxygen atoms in total. The molecule has 3 N–H and O–H groups in total. The van der Waals surface area contributed by atoms with Crippen molar-refractivity contribution in [3.63, 3.8) is 0 Å². The fraction of sp³-hybridized carbons (Fsp3) is 0.240. The highest BCUT2D eigenvalue weighted by Gasteiger charge is 2.27. The largest absolute Gasteiger partial charge is 0.465 e. The van der Waals surface area contributed by atoms with Crippen LogP contribution in [0.15, 0.2) is 54.6 Å². The smallest absolute Gasteiger partial charge is 0.407 e. The molecule has 0 saturated carbocycles. The lowest BCUT2D eigenvalue weighted by Crippen LogP contribution is -2.47. The number of anilines is 1. The molecular formula is C25H24N4O4S. The minimum absolute atomic E-state index is 0.187. The van der Waals surface area contributed by atoms with Gasteiger partial charge in [0.05, 0.1) is 11.3 Å². The van der Waals surface area contributed by atoms with Gasteiger partial charge in [-0.1, -0.05) is 24.3 Å². The molecule has 1 fully saturated rings. The zero-order chi connectivity index (χ0) is 23.7. The van der Waals surface area contributed by atoms with E-state index in [1.807, 2.05) is 12.1 Å². The normalized spacial score (nSPS) is 15.6. The molecule has 3 heterocycles. The van der Waals surface area contributed by atoms with E-state index >= 15 is 0 Å². The van der Waals surface area contributed by atoms with Gasteiger partial charge in [-0.3, -0.25) is 14.5 Å². The highest BCUT2D eigenvalue weighted by Crippen LogP contribution is 2.37. The van der Waals surface area contributed by atoms with Gasteiger partial charge in [-0.25, -0.2) is 4.79 Å². The lowest BCUT2D eigenvalue weighted by atomic mass is 9.99. The molecule has 2 aromatic carbocycles. The number of piperazine rings is 1. The molecule has 0 unspecified atom stereocenters. The van der Waals surface area contributed by atoms with E-state index in [0.717, 1.165) is 22.5 Å². The van der Waals surface area contributed by atoms with E-state index in [2.05, 4.69) is 27.7 Å². The van der Waals surface area contributed by atoms with Crippen molar-refractivity contribution in [3.8, 4) is 10.4 Å². The number of fused-ring (bicyclic) bond motifs is 1. The summed E-state index contributed by atoms with van der Waals surface area (Å²) >= 11 is 1.67. The van der Waals surface area contributed by atoms with Crippen LogP contribution in [-0.2, 0) is 13.1 Å². The Morgan fingerprint density at radius 2 is 1.76 bits per heavy atom. The summed E-state index contributed by atoms with van der Waals surface area (Å²) in [5, 5.41) is 14.9. The third-order valence-corrected chi connectivity index (χ3v) is 7.30. The van der Waals surface area contributed by atoms with Crippen molar-refractivity contribution in [1.29, 1.82) is 0 Å². The highest BCUT2D eigenvalue weighted by atomic mass is 32.1. The molecule has 0 aliphatic carbocycles. The molecule has 34 heavy (non-hydrogen) atoms. The lowest BCUT2D eigenvalue weighted by molar-refractivity contribution is 0.0965. The van der Waals surface area contributed by atoms with Gasteiger partial charge in [0.1, 0.15) is 0 Å². The average Bonchev–Trinajstić information content (AvgIpc) is 3.47. The Kier molecular flexibility index (Phi) is 6.04. The molecule has 1 aromatic heterocycles. The molecule has 0 radical (unpaired) electrons. The molecule has 0 atom stereocenters. The number of thiophene rings is 1. The first kappa shape index (κ1) is 22.1. The molecular weight excluding hydrogens is 452 g/mol. The summed E-state index contributed by atoms with van der Waals surface area (Å²) in [6.07, 6.45) is -0.863. The quantitative estimate of drug-likeness (QED) is 0.521. The van der Waals surface area contributed by atoms with Gasteiger partial charge in [-0.05, 0) is 41.5 Å². The number of rotatable bonds is 5. The molecule has 3 amide bonds. The number of carboxylic acid groups (broad SMARTS) is 1. The van der Waals surface area contributed by atoms with Crippen LogP contribution in [0.1, 0.15) is 31.2 Å². The minimum Gasteiger partial charge on any atom is -0.465 e. The number of carbonyl (C=O) groups excluding carboxylic acids is 2. The van der Waals surface area contributed by atoms with Crippen molar-refractivity contribution in [3.05, 3.63) is 76.2 Å². The number of hydrogen-bond donors (Lipinski definition) is 3. The molecule has 2 aliphatic rings. The van der Waals surface area contributed by atoms with Crippen LogP contribution in [0.2, 0.25) is 0 Å². The number of nitrogens with zero attached hydrogens (tertiary/aromatic N) is 2. The van der Waals surface area contributed by atoms with Crippen LogP contribution in [-0.4, -0.2) is 59.0 Å². The Hall–Kier alpha value is -3.69. The number of amides is 3. The number of nitrogens with one attached hydrogen (secondary N) is 2. The van der Waals surface area contributed by atoms with Crippen LogP contribution in [0.5, 0.6) is 0 Å². The zero-order valence-corrected chi connectivity index (χ0v) is 19.2. The molecule has 174 valence electrons. The summed E-state index contributed by atoms with van der Waals surface area (Å²) in [7, 11) is 0. The maximum Gasteiger partial charge on any atom is 0.407 e. The summed E-state index contributed by atoms with van der Waals surface area (Å²) in [5.41, 5.74) is 3.43. The van der Waals surface area contributed by atoms with Gasteiger partial charge in [0.15, 0.2) is 0 Å². The maximum atomic E-state index is 12.6. The molecule has 2 aliphatic heterocycles. The summed E-state index contributed by atoms with van der Waals surface area (Å²) in [6.45, 7) is 3.65. The van der Waals surface area contributed by atoms with Crippen LogP contribution in [0.25, 0.3) is 10.4 Å². The SMILES string of the molecule is O=C(Nc1ccc(-c2ccc(CN3CCN(C(=O)O)CC3)s2)c2c1C(=O)NC2)c1ccccc1. The van der Waals surface area contributed by atoms with Crippen LogP contribution in [0, 0.1) is 0 Å². The third kappa shape index (κ3) is 4.40. The number of benzene rings is 2. The van der Waals surface area contributed by atoms with Crippen LogP contribution in [0.3, 0.4) is 0 Å². The Morgan fingerprint density at radius 1 is 1.00 bits per heavy atom. The summed E-state index contributed by atoms with van der Waals surface area (Å²) in [4.78, 5) is 42.3. The van der Waals surface area contributed by atoms with E-state index in [1.165, 1.54) is 9.78 Å². The van der Waals surface area contributed by atoms with Gasteiger partial charge in [-0.15, -0.1) is 11.3 Å². The maximum absolute atomic E-state index is 12.6. The first-order valence-electron chi connectivity index (χ1n) is 11.1. The van der Waals surface area contributed by atoms with E-state index in [0.29, 0.717) is 49.5 Å². The second kappa shape index (κ2) is 9.28. The molecule has 0 spiro atoms. The fourth-order valence-corrected chi connectivity index (χ4v) is 5.50. The Balaban J connectivity index is 1.34. The van der Waals surface area contributed by atoms with E-state index in [9.17, 15) is 14.4 Å². The highest BCUT2D eigenvalue weighted by molar-refractivity contribution is 7.15. The topological polar surface area (TPSA) is 102 Å². The van der Waals surface area contributed by atoms with Gasteiger partial charge in [0.2, 0.25) is 0 Å². The monoisotopic (exact) mass is 476 g/mol. The summed E-state index contributed by atoms with van der Waals surface area (Å²) in [6, 6.07) is 16.8. The van der Waals surface area contributed by atoms with Crippen LogP contribution < -0.4 is 10.6 Å². The van der Waals surface area contributed by atoms with Gasteiger partial charge in [0, 0.05) is 54.6 Å². The lowest BCUT2D eigenvalue weighted by Gasteiger charge is -2.32. The zero-order valence-electron chi connectivity index (χ0n) is 18.4. The van der Waals surface area contributed by atoms with E-state index in [4.69, 9.17) is 5.11 Å². The molecule has 5 rings (SSSR count). The van der Waals surface area contributed by atoms with Crippen molar-refractivity contribution in [2.75, 3.05) is 31.5 Å². The van der Waals surface area contributed by atoms with Crippen molar-refractivity contribution in [1.82, 2.24) is 15.1 Å². The molecule has 1 saturated heterocycles. The Bertz CT molecular complexity index is 1250. The summed E-state index contributed by atoms with van der Waals surface area (Å²) in [5.74, 6) is -0.440. The fourth-order valence-electron chi connectivity index (χ4n) is 4.39. The molecule has 9 heteroatoms. The van der Waals surface area contributed by atoms with Crippen molar-refractivity contribution in [2.24, 2.45) is 0 Å². The third-order valence-electron chi connectivity index (χ3n) is 6.20. The standard InChI is InChI=1S/C25H24N4O4S/c30-23(16-4-2-1-3-5-16)27-20-8-7-18(19-14-26-24(31)22(19)20)21-9-6-17(34-21)15-28-10-12-29(13-11-28)25(32)33/h1-9H,10-15H2,(H,26,31)(H,27,30)(H,32,33). The van der Waals surface area contributed by atoms with E-state index in [-0.39, 0.29) is 11.8 Å². The van der Waals surface area contributed by atoms with Crippen LogP contribution in [0.4, 0.5) is 10.5 Å². The second-order valence-corrected chi connectivity index (χ2v) is 9.50. The Morgan fingerprint density at radius 3 is 2.50 bits per heavy atom. The van der Waals surface area contributed by atoms with Gasteiger partial charge in [-0.2, -0.15) is 0 Å². The second-order valence-electron chi connectivity index (χ2n) is 8.33. The number of carbonyl (C=O) groups is 3. The van der Waals surface area contributed by atoms with Gasteiger partial charge >= 0.3 is 6.09 Å². The van der Waals surface area contributed by atoms with Gasteiger partial charge in [0.25, 0.3) is 11.8 Å². The molecule has 3 aromatic rings. The predicted octanol–water partition coefficient (Wildman–Crippen LogP) is 3.71. The van der Waals surface area contributed by atoms with Crippen molar-refractivity contribution >= 4 is 34.9 Å². The van der Waals surface area contributed by atoms with Gasteiger partial charge < -0.3 is 20.6 Å². The minimum atomic E-state index is -0.863. The molecule has 0 bridgehead atoms. The van der Waals surface area contributed by atoms with Crippen LogP contribution >= 0.6 is 11.3 Å². The van der Waals surface area contributed by atoms with Crippen molar-refractivity contribution < 1.29 is 19.5 Å². The first-order chi connectivity index (χ1) is 16.5. The van der Waals surface area contributed by atoms with E-state index in [1.54, 1.807) is 41.7 Å².